The Hall–Kier alpha value is -3.27. The van der Waals surface area contributed by atoms with E-state index < -0.39 is 34.9 Å². The van der Waals surface area contributed by atoms with Crippen molar-refractivity contribution in [1.29, 1.82) is 0 Å². The highest BCUT2D eigenvalue weighted by molar-refractivity contribution is 6.04. The summed E-state index contributed by atoms with van der Waals surface area (Å²) in [6, 6.07) is 5.26. The van der Waals surface area contributed by atoms with Crippen LogP contribution in [0.25, 0.3) is 0 Å². The van der Waals surface area contributed by atoms with Gasteiger partial charge < -0.3 is 10.6 Å². The van der Waals surface area contributed by atoms with Crippen LogP contribution in [0.15, 0.2) is 36.4 Å². The molecule has 3 saturated heterocycles. The molecule has 2 N–H and O–H groups in total. The normalized spacial score (nSPS) is 28.3. The Bertz CT molecular complexity index is 1270. The summed E-state index contributed by atoms with van der Waals surface area (Å²) in [6.45, 7) is 2.90. The van der Waals surface area contributed by atoms with E-state index in [0.29, 0.717) is 31.7 Å². The minimum absolute atomic E-state index is 0.176. The van der Waals surface area contributed by atoms with Crippen molar-refractivity contribution in [2.45, 2.75) is 69.6 Å². The molecular formula is C26H26F4N3O3+. The summed E-state index contributed by atoms with van der Waals surface area (Å²) >= 11 is 0. The summed E-state index contributed by atoms with van der Waals surface area (Å²) in [5.41, 5.74) is -0.868. The molecule has 36 heavy (non-hydrogen) atoms. The number of alkyl halides is 2. The SMILES string of the molecule is CC(=O)NC1C[C@@H]2CC3C[C@H](C1)[N+]32C(=O)C(F)(F)c1cc(C(=O)Nc2ccc(F)c(C)c2)ccc1F. The molecule has 5 rings (SSSR count). The van der Waals surface area contributed by atoms with Crippen LogP contribution in [0, 0.1) is 18.6 Å². The second-order valence-corrected chi connectivity index (χ2v) is 10.1. The van der Waals surface area contributed by atoms with E-state index in [0.717, 1.165) is 18.2 Å². The molecule has 3 aliphatic rings. The maximum Gasteiger partial charge on any atom is 0.389 e. The molecular weight excluding hydrogens is 478 g/mol. The first-order chi connectivity index (χ1) is 16.9. The fourth-order valence-corrected chi connectivity index (χ4v) is 6.43. The van der Waals surface area contributed by atoms with Crippen molar-refractivity contribution in [1.82, 2.24) is 5.32 Å². The van der Waals surface area contributed by atoms with Crippen LogP contribution in [0.1, 0.15) is 54.1 Å². The minimum Gasteiger partial charge on any atom is -0.353 e. The van der Waals surface area contributed by atoms with Crippen molar-refractivity contribution in [2.24, 2.45) is 0 Å². The summed E-state index contributed by atoms with van der Waals surface area (Å²) in [6.07, 6.45) is 2.04. The van der Waals surface area contributed by atoms with E-state index in [1.807, 2.05) is 0 Å². The first-order valence-corrected chi connectivity index (χ1v) is 11.9. The summed E-state index contributed by atoms with van der Waals surface area (Å²) in [5, 5.41) is 5.31. The fraction of sp³-hybridized carbons (Fsp3) is 0.423. The number of nitrogens with one attached hydrogen (secondary N) is 2. The number of carbonyl (C=O) groups is 3. The molecule has 0 bridgehead atoms. The monoisotopic (exact) mass is 504 g/mol. The van der Waals surface area contributed by atoms with Gasteiger partial charge >= 0.3 is 11.8 Å². The number of hydrogen-bond acceptors (Lipinski definition) is 3. The van der Waals surface area contributed by atoms with Crippen molar-refractivity contribution in [3.05, 3.63) is 64.7 Å². The zero-order valence-corrected chi connectivity index (χ0v) is 19.8. The van der Waals surface area contributed by atoms with Gasteiger partial charge in [0.25, 0.3) is 5.91 Å². The highest BCUT2D eigenvalue weighted by atomic mass is 19.3. The lowest BCUT2D eigenvalue weighted by Crippen LogP contribution is -2.89. The number of carbonyl (C=O) groups excluding carboxylic acids is 3. The van der Waals surface area contributed by atoms with Gasteiger partial charge in [0.05, 0.1) is 18.4 Å². The van der Waals surface area contributed by atoms with Gasteiger partial charge in [-0.2, -0.15) is 8.78 Å². The Labute approximate surface area is 205 Å². The number of benzene rings is 2. The highest BCUT2D eigenvalue weighted by Gasteiger charge is 2.77. The number of rotatable bonds is 5. The van der Waals surface area contributed by atoms with Gasteiger partial charge in [-0.1, -0.05) is 0 Å². The molecule has 2 aromatic rings. The molecule has 0 aromatic heterocycles. The second-order valence-electron chi connectivity index (χ2n) is 10.1. The predicted molar refractivity (Wildman–Crippen MR) is 122 cm³/mol. The molecule has 3 fully saturated rings. The van der Waals surface area contributed by atoms with E-state index in [4.69, 9.17) is 0 Å². The lowest BCUT2D eigenvalue weighted by Gasteiger charge is -2.70. The molecule has 10 heteroatoms. The fourth-order valence-electron chi connectivity index (χ4n) is 6.43. The number of aryl methyl sites for hydroxylation is 1. The molecule has 190 valence electrons. The lowest BCUT2D eigenvalue weighted by molar-refractivity contribution is -1.02. The van der Waals surface area contributed by atoms with E-state index in [9.17, 15) is 23.2 Å². The van der Waals surface area contributed by atoms with E-state index in [1.54, 1.807) is 0 Å². The predicted octanol–water partition coefficient (Wildman–Crippen LogP) is 4.17. The van der Waals surface area contributed by atoms with Gasteiger partial charge in [-0.25, -0.2) is 18.1 Å². The van der Waals surface area contributed by atoms with Crippen molar-refractivity contribution in [2.75, 3.05) is 5.32 Å². The van der Waals surface area contributed by atoms with Crippen molar-refractivity contribution in [3.63, 3.8) is 0 Å². The van der Waals surface area contributed by atoms with Crippen LogP contribution in [0.5, 0.6) is 0 Å². The van der Waals surface area contributed by atoms with Crippen molar-refractivity contribution < 1.29 is 36.4 Å². The Morgan fingerprint density at radius 3 is 2.11 bits per heavy atom. The van der Waals surface area contributed by atoms with Crippen LogP contribution in [-0.2, 0) is 15.5 Å². The smallest absolute Gasteiger partial charge is 0.353 e. The van der Waals surface area contributed by atoms with Crippen molar-refractivity contribution in [3.8, 4) is 0 Å². The van der Waals surface area contributed by atoms with Gasteiger partial charge in [-0.15, -0.1) is 0 Å². The van der Waals surface area contributed by atoms with Gasteiger partial charge in [-0.3, -0.25) is 9.59 Å². The van der Waals surface area contributed by atoms with Gasteiger partial charge in [-0.05, 0) is 48.9 Å². The number of halogens is 4. The highest BCUT2D eigenvalue weighted by Crippen LogP contribution is 2.59. The molecule has 0 aliphatic carbocycles. The molecule has 3 amide bonds. The first kappa shape index (κ1) is 24.4. The number of quaternary nitrogens is 1. The van der Waals surface area contributed by atoms with E-state index in [-0.39, 0.29) is 51.4 Å². The second kappa shape index (κ2) is 8.40. The third-order valence-electron chi connectivity index (χ3n) is 8.02. The molecule has 0 radical (unpaired) electrons. The molecule has 0 spiro atoms. The Morgan fingerprint density at radius 2 is 1.53 bits per heavy atom. The first-order valence-electron chi connectivity index (χ1n) is 11.9. The van der Waals surface area contributed by atoms with Crippen LogP contribution >= 0.6 is 0 Å². The van der Waals surface area contributed by atoms with Crippen LogP contribution in [0.4, 0.5) is 23.2 Å². The number of hydrogen-bond donors (Lipinski definition) is 2. The Balaban J connectivity index is 1.40. The molecule has 3 aliphatic heterocycles. The Kier molecular flexibility index (Phi) is 5.70. The third-order valence-corrected chi connectivity index (χ3v) is 8.02. The van der Waals surface area contributed by atoms with Crippen LogP contribution in [0.3, 0.4) is 0 Å². The van der Waals surface area contributed by atoms with Gasteiger partial charge in [0.15, 0.2) is 0 Å². The summed E-state index contributed by atoms with van der Waals surface area (Å²) in [7, 11) is 0. The maximum absolute atomic E-state index is 15.7. The summed E-state index contributed by atoms with van der Waals surface area (Å²) in [5.74, 6) is -8.25. The number of anilines is 1. The van der Waals surface area contributed by atoms with Gasteiger partial charge in [0, 0.05) is 37.1 Å². The summed E-state index contributed by atoms with van der Waals surface area (Å²) < 4.78 is 59.1. The summed E-state index contributed by atoms with van der Waals surface area (Å²) in [4.78, 5) is 37.6. The molecule has 0 saturated carbocycles. The van der Waals surface area contributed by atoms with E-state index >= 15 is 8.78 Å². The number of amides is 3. The largest absolute Gasteiger partial charge is 0.389 e. The minimum atomic E-state index is -4.15. The standard InChI is InChI=1S/C26H25F4N3O3/c1-13-7-16(4-6-22(13)27)32-24(35)15-3-5-23(28)21(8-15)26(29,30)25(36)33-18-9-17(31-14(2)34)10-19(33)12-20(33)11-18/h3-8,17-20H,9-12H2,1-2H3,(H-,31,32,34,35)/p+1/t17?,18-,19+,20?,33?. The van der Waals surface area contributed by atoms with Crippen LogP contribution < -0.4 is 10.6 Å². The van der Waals surface area contributed by atoms with Gasteiger partial charge in [0.2, 0.25) is 5.91 Å². The zero-order chi connectivity index (χ0) is 26.0. The van der Waals surface area contributed by atoms with E-state index in [1.165, 1.54) is 26.0 Å². The average Bonchev–Trinajstić information content (AvgIpc) is 2.78. The third kappa shape index (κ3) is 3.61. The average molecular weight is 505 g/mol. The Morgan fingerprint density at radius 1 is 0.917 bits per heavy atom. The molecule has 3 unspecified atom stereocenters. The van der Waals surface area contributed by atoms with Crippen molar-refractivity contribution >= 4 is 23.4 Å². The van der Waals surface area contributed by atoms with Crippen LogP contribution in [-0.4, -0.2) is 46.4 Å². The molecule has 5 atom stereocenters. The molecule has 3 heterocycles. The zero-order valence-electron chi connectivity index (χ0n) is 19.8. The molecule has 6 nitrogen and oxygen atoms in total. The topological polar surface area (TPSA) is 75.3 Å². The number of nitrogens with zero attached hydrogens (tertiary/aromatic N) is 1. The lowest BCUT2D eigenvalue weighted by atomic mass is 9.63. The quantitative estimate of drug-likeness (QED) is 0.474. The van der Waals surface area contributed by atoms with Gasteiger partial charge in [0.1, 0.15) is 29.8 Å². The maximum atomic E-state index is 15.7. The number of piperidine rings is 2. The van der Waals surface area contributed by atoms with E-state index in [2.05, 4.69) is 10.6 Å². The molecule has 2 aromatic carbocycles. The van der Waals surface area contributed by atoms with Crippen LogP contribution in [0.2, 0.25) is 0 Å².